The van der Waals surface area contributed by atoms with Crippen molar-refractivity contribution in [2.24, 2.45) is 35.0 Å². The zero-order valence-electron chi connectivity index (χ0n) is 18.4. The van der Waals surface area contributed by atoms with Gasteiger partial charge in [0.1, 0.15) is 12.4 Å². The highest BCUT2D eigenvalue weighted by Crippen LogP contribution is 2.58. The first-order chi connectivity index (χ1) is 13.5. The van der Waals surface area contributed by atoms with Gasteiger partial charge in [-0.15, -0.1) is 0 Å². The normalized spacial score (nSPS) is 37.3. The van der Waals surface area contributed by atoms with E-state index in [0.717, 1.165) is 37.5 Å². The molecule has 0 aromatic carbocycles. The molecule has 3 aliphatic carbocycles. The molecule has 3 rings (SSSR count). The zero-order valence-corrected chi connectivity index (χ0v) is 18.4. The van der Waals surface area contributed by atoms with E-state index in [1.54, 1.807) is 26.0 Å². The second kappa shape index (κ2) is 7.96. The average molecular weight is 401 g/mol. The van der Waals surface area contributed by atoms with E-state index in [-0.39, 0.29) is 29.0 Å². The van der Waals surface area contributed by atoms with E-state index in [0.29, 0.717) is 17.4 Å². The lowest BCUT2D eigenvalue weighted by Crippen LogP contribution is -2.35. The van der Waals surface area contributed by atoms with Gasteiger partial charge in [0.2, 0.25) is 0 Å². The maximum Gasteiger partial charge on any atom is 0.163 e. The highest BCUT2D eigenvalue weighted by atomic mass is 16.3. The molecule has 0 heterocycles. The Morgan fingerprint density at radius 3 is 2.62 bits per heavy atom. The van der Waals surface area contributed by atoms with Gasteiger partial charge in [-0.25, -0.2) is 0 Å². The minimum Gasteiger partial charge on any atom is -0.387 e. The van der Waals surface area contributed by atoms with Crippen LogP contribution in [0.3, 0.4) is 0 Å². The summed E-state index contributed by atoms with van der Waals surface area (Å²) < 4.78 is 0. The van der Waals surface area contributed by atoms with Crippen LogP contribution in [-0.2, 0) is 9.59 Å². The van der Waals surface area contributed by atoms with Crippen molar-refractivity contribution >= 4 is 12.1 Å². The van der Waals surface area contributed by atoms with Gasteiger partial charge in [0.05, 0.1) is 11.5 Å². The van der Waals surface area contributed by atoms with Crippen LogP contribution in [0.2, 0.25) is 0 Å². The Morgan fingerprint density at radius 2 is 2.00 bits per heavy atom. The van der Waals surface area contributed by atoms with Gasteiger partial charge in [0, 0.05) is 0 Å². The second-order valence-corrected chi connectivity index (χ2v) is 10.4. The summed E-state index contributed by atoms with van der Waals surface area (Å²) in [4.78, 5) is 24.3. The van der Waals surface area contributed by atoms with Crippen molar-refractivity contribution in [3.63, 3.8) is 0 Å². The average Bonchev–Trinajstić information content (AvgIpc) is 3.08. The summed E-state index contributed by atoms with van der Waals surface area (Å²) in [6.07, 6.45) is 11.5. The largest absolute Gasteiger partial charge is 0.387 e. The second-order valence-electron chi connectivity index (χ2n) is 10.4. The molecule has 0 aromatic heterocycles. The van der Waals surface area contributed by atoms with E-state index in [9.17, 15) is 19.8 Å². The summed E-state index contributed by atoms with van der Waals surface area (Å²) in [5, 5.41) is 20.1. The molecule has 4 heteroatoms. The van der Waals surface area contributed by atoms with Crippen LogP contribution in [-0.4, -0.2) is 34.0 Å². The SMILES string of the molecule is CC1=CC(=O)[C@@H]2C(C=O)=CC[C@H]3[C@@H]([C@@H](C)/C=C\[C@H](O)C(C)(C)O)CC[C@]3(C)C[C@H]12. The number of hydrogen-bond donors (Lipinski definition) is 2. The third-order valence-electron chi connectivity index (χ3n) is 7.91. The van der Waals surface area contributed by atoms with Crippen LogP contribution in [0.4, 0.5) is 0 Å². The highest BCUT2D eigenvalue weighted by molar-refractivity contribution is 6.01. The smallest absolute Gasteiger partial charge is 0.163 e. The molecule has 29 heavy (non-hydrogen) atoms. The first kappa shape index (κ1) is 22.2. The fourth-order valence-corrected chi connectivity index (χ4v) is 5.97. The van der Waals surface area contributed by atoms with E-state index < -0.39 is 11.7 Å². The van der Waals surface area contributed by atoms with E-state index >= 15 is 0 Å². The van der Waals surface area contributed by atoms with Gasteiger partial charge in [-0.3, -0.25) is 9.59 Å². The molecule has 0 amide bonds. The quantitative estimate of drug-likeness (QED) is 0.540. The molecule has 0 aliphatic heterocycles. The molecule has 2 N–H and O–H groups in total. The fourth-order valence-electron chi connectivity index (χ4n) is 5.97. The monoisotopic (exact) mass is 400 g/mol. The van der Waals surface area contributed by atoms with Crippen LogP contribution in [0.1, 0.15) is 60.3 Å². The standard InChI is InChI=1S/C25H36O4/c1-15(6-9-22(28)24(3,4)29)18-10-11-25(5)13-19-16(2)12-21(27)23(19)17(14-26)7-8-20(18)25/h6-7,9,12,14-15,18-20,22-23,28-29H,8,10-11,13H2,1-5H3/b9-6-,17-7?/t15-,18+,19+,20-,22-,23+,25+/m0/s1. The van der Waals surface area contributed by atoms with Crippen LogP contribution in [0, 0.1) is 35.0 Å². The molecule has 3 aliphatic rings. The van der Waals surface area contributed by atoms with E-state index in [1.165, 1.54) is 0 Å². The molecule has 0 aromatic rings. The number of aliphatic hydroxyl groups is 2. The summed E-state index contributed by atoms with van der Waals surface area (Å²) in [5.41, 5.74) is 0.742. The molecule has 7 atom stereocenters. The van der Waals surface area contributed by atoms with Crippen molar-refractivity contribution in [2.45, 2.75) is 72.0 Å². The Kier molecular flexibility index (Phi) is 6.08. The van der Waals surface area contributed by atoms with Crippen LogP contribution < -0.4 is 0 Å². The number of aliphatic hydroxyl groups excluding tert-OH is 1. The number of rotatable bonds is 5. The lowest BCUT2D eigenvalue weighted by molar-refractivity contribution is -0.119. The lowest BCUT2D eigenvalue weighted by atomic mass is 9.63. The molecular formula is C25H36O4. The lowest BCUT2D eigenvalue weighted by Gasteiger charge is -2.40. The summed E-state index contributed by atoms with van der Waals surface area (Å²) in [6, 6.07) is 0. The molecule has 0 unspecified atom stereocenters. The van der Waals surface area contributed by atoms with Crippen LogP contribution >= 0.6 is 0 Å². The molecule has 0 spiro atoms. The number of ketones is 1. The molecule has 1 saturated carbocycles. The third kappa shape index (κ3) is 4.20. The van der Waals surface area contributed by atoms with Crippen molar-refractivity contribution < 1.29 is 19.8 Å². The van der Waals surface area contributed by atoms with Crippen molar-refractivity contribution in [2.75, 3.05) is 0 Å². The maximum absolute atomic E-state index is 12.5. The molecule has 0 radical (unpaired) electrons. The number of hydrogen-bond acceptors (Lipinski definition) is 4. The Hall–Kier alpha value is -1.52. The predicted molar refractivity (Wildman–Crippen MR) is 114 cm³/mol. The molecular weight excluding hydrogens is 364 g/mol. The number of allylic oxidation sites excluding steroid dienone is 5. The first-order valence-corrected chi connectivity index (χ1v) is 10.9. The Balaban J connectivity index is 1.86. The van der Waals surface area contributed by atoms with Gasteiger partial charge in [-0.2, -0.15) is 0 Å². The summed E-state index contributed by atoms with van der Waals surface area (Å²) in [5.74, 6) is 1.08. The number of fused-ring (bicyclic) bond motifs is 2. The summed E-state index contributed by atoms with van der Waals surface area (Å²) in [6.45, 7) is 9.78. The first-order valence-electron chi connectivity index (χ1n) is 10.9. The minimum atomic E-state index is -1.16. The van der Waals surface area contributed by atoms with E-state index in [4.69, 9.17) is 0 Å². The molecule has 1 fully saturated rings. The van der Waals surface area contributed by atoms with Gasteiger partial charge < -0.3 is 10.2 Å². The maximum atomic E-state index is 12.5. The van der Waals surface area contributed by atoms with Crippen molar-refractivity contribution in [3.05, 3.63) is 35.5 Å². The Labute approximate surface area is 174 Å². The molecule has 4 nitrogen and oxygen atoms in total. The summed E-state index contributed by atoms with van der Waals surface area (Å²) in [7, 11) is 0. The fraction of sp³-hybridized carbons (Fsp3) is 0.680. The number of carbonyl (C=O) groups excluding carboxylic acids is 2. The number of aldehydes is 1. The van der Waals surface area contributed by atoms with E-state index in [2.05, 4.69) is 13.8 Å². The van der Waals surface area contributed by atoms with Gasteiger partial charge in [-0.05, 0) is 87.2 Å². The van der Waals surface area contributed by atoms with Crippen LogP contribution in [0.5, 0.6) is 0 Å². The summed E-state index contributed by atoms with van der Waals surface area (Å²) >= 11 is 0. The van der Waals surface area contributed by atoms with Crippen LogP contribution in [0.25, 0.3) is 0 Å². The van der Waals surface area contributed by atoms with Gasteiger partial charge in [0.25, 0.3) is 0 Å². The van der Waals surface area contributed by atoms with E-state index in [1.807, 2.05) is 19.1 Å². The predicted octanol–water partition coefficient (Wildman–Crippen LogP) is 4.02. The van der Waals surface area contributed by atoms with Crippen molar-refractivity contribution in [1.29, 1.82) is 0 Å². The highest BCUT2D eigenvalue weighted by Gasteiger charge is 2.50. The number of carbonyl (C=O) groups is 2. The molecule has 0 saturated heterocycles. The van der Waals surface area contributed by atoms with Crippen molar-refractivity contribution in [3.8, 4) is 0 Å². The molecule has 0 bridgehead atoms. The Morgan fingerprint density at radius 1 is 1.31 bits per heavy atom. The van der Waals surface area contributed by atoms with Gasteiger partial charge in [-0.1, -0.05) is 37.6 Å². The van der Waals surface area contributed by atoms with Crippen LogP contribution in [0.15, 0.2) is 35.5 Å². The van der Waals surface area contributed by atoms with Gasteiger partial charge >= 0.3 is 0 Å². The van der Waals surface area contributed by atoms with Crippen molar-refractivity contribution in [1.82, 2.24) is 0 Å². The topological polar surface area (TPSA) is 74.6 Å². The molecule has 160 valence electrons. The Bertz CT molecular complexity index is 753. The third-order valence-corrected chi connectivity index (χ3v) is 7.91. The zero-order chi connectivity index (χ0) is 21.6. The minimum absolute atomic E-state index is 0.0827. The van der Waals surface area contributed by atoms with Gasteiger partial charge in [0.15, 0.2) is 5.78 Å².